The van der Waals surface area contributed by atoms with Crippen LogP contribution in [-0.4, -0.2) is 21.2 Å². The first-order valence-corrected chi connectivity index (χ1v) is 9.40. The average Bonchev–Trinajstić information content (AvgIpc) is 2.47. The van der Waals surface area contributed by atoms with E-state index in [-0.39, 0.29) is 22.8 Å². The zero-order valence-corrected chi connectivity index (χ0v) is 15.7. The molecule has 0 bridgehead atoms. The Morgan fingerprint density at radius 3 is 2.52 bits per heavy atom. The van der Waals surface area contributed by atoms with Crippen molar-refractivity contribution in [1.82, 2.24) is 9.97 Å². The Labute approximate surface area is 147 Å². The van der Waals surface area contributed by atoms with Gasteiger partial charge in [-0.25, -0.2) is 4.98 Å². The highest BCUT2D eigenvalue weighted by Crippen LogP contribution is 2.31. The number of nitrogens with zero attached hydrogens (tertiary/aromatic N) is 2. The van der Waals surface area contributed by atoms with E-state index < -0.39 is 0 Å². The molecule has 0 saturated carbocycles. The van der Waals surface area contributed by atoms with Gasteiger partial charge in [0, 0.05) is 11.7 Å². The fourth-order valence-electron chi connectivity index (χ4n) is 1.98. The Balaban J connectivity index is 2.47. The zero-order chi connectivity index (χ0) is 17.2. The number of unbranched alkanes of at least 4 members (excludes halogenated alkanes) is 5. The zero-order valence-electron chi connectivity index (χ0n) is 14.1. The summed E-state index contributed by atoms with van der Waals surface area (Å²) in [5.41, 5.74) is 5.80. The Kier molecular flexibility index (Phi) is 9.33. The quantitative estimate of drug-likeness (QED) is 0.365. The third kappa shape index (κ3) is 7.88. The van der Waals surface area contributed by atoms with E-state index in [2.05, 4.69) is 16.9 Å². The number of hydrogen-bond donors (Lipinski definition) is 1. The number of ether oxygens (including phenoxy) is 1. The van der Waals surface area contributed by atoms with Gasteiger partial charge in [0.25, 0.3) is 5.88 Å². The van der Waals surface area contributed by atoms with Crippen LogP contribution < -0.4 is 10.5 Å². The monoisotopic (exact) mass is 359 g/mol. The van der Waals surface area contributed by atoms with Crippen LogP contribution in [0.2, 0.25) is 5.15 Å². The third-order valence-electron chi connectivity index (χ3n) is 3.11. The largest absolute Gasteiger partial charge is 0.403 e. The Hall–Kier alpha value is -1.01. The number of nitrogen functional groups attached to an aromatic ring is 1. The smallest absolute Gasteiger partial charge is 0.312 e. The van der Waals surface area contributed by atoms with E-state index in [1.54, 1.807) is 0 Å². The molecule has 0 aromatic carbocycles. The summed E-state index contributed by atoms with van der Waals surface area (Å²) in [6.07, 6.45) is 7.02. The summed E-state index contributed by atoms with van der Waals surface area (Å²) in [6, 6.07) is 0. The van der Waals surface area contributed by atoms with Crippen molar-refractivity contribution >= 4 is 35.1 Å². The van der Waals surface area contributed by atoms with E-state index in [0.717, 1.165) is 19.3 Å². The SMILES string of the molecule is CCCCCCCCC(=O)Oc1nc(Cl)c(SC(C)C)nc1N. The van der Waals surface area contributed by atoms with Gasteiger partial charge >= 0.3 is 5.97 Å². The predicted octanol–water partition coefficient (Wildman–Crippen LogP) is 4.87. The van der Waals surface area contributed by atoms with Crippen LogP contribution in [0.5, 0.6) is 5.88 Å². The van der Waals surface area contributed by atoms with Gasteiger partial charge in [0.2, 0.25) is 0 Å². The van der Waals surface area contributed by atoms with Crippen LogP contribution in [0.1, 0.15) is 65.7 Å². The van der Waals surface area contributed by atoms with Crippen molar-refractivity contribution in [2.24, 2.45) is 0 Å². The molecule has 0 aliphatic heterocycles. The van der Waals surface area contributed by atoms with Gasteiger partial charge in [-0.2, -0.15) is 4.98 Å². The van der Waals surface area contributed by atoms with Crippen LogP contribution in [0.15, 0.2) is 5.03 Å². The highest BCUT2D eigenvalue weighted by molar-refractivity contribution is 7.99. The number of carbonyl (C=O) groups is 1. The first kappa shape index (κ1) is 20.0. The van der Waals surface area contributed by atoms with Gasteiger partial charge in [0.05, 0.1) is 0 Å². The Morgan fingerprint density at radius 1 is 1.22 bits per heavy atom. The summed E-state index contributed by atoms with van der Waals surface area (Å²) in [5, 5.41) is 1.07. The second-order valence-corrected chi connectivity index (χ2v) is 7.59. The maximum absolute atomic E-state index is 11.8. The van der Waals surface area contributed by atoms with Crippen molar-refractivity contribution in [3.05, 3.63) is 5.15 Å². The molecule has 130 valence electrons. The van der Waals surface area contributed by atoms with Crippen molar-refractivity contribution in [2.45, 2.75) is 76.0 Å². The number of nitrogens with two attached hydrogens (primary N) is 1. The molecule has 7 heteroatoms. The van der Waals surface area contributed by atoms with Gasteiger partial charge in [0.1, 0.15) is 5.03 Å². The maximum atomic E-state index is 11.8. The van der Waals surface area contributed by atoms with Crippen LogP contribution in [0.25, 0.3) is 0 Å². The number of thioether (sulfide) groups is 1. The maximum Gasteiger partial charge on any atom is 0.312 e. The van der Waals surface area contributed by atoms with Crippen molar-refractivity contribution in [3.8, 4) is 5.88 Å². The van der Waals surface area contributed by atoms with E-state index in [0.29, 0.717) is 16.7 Å². The summed E-state index contributed by atoms with van der Waals surface area (Å²) in [6.45, 7) is 6.22. The van der Waals surface area contributed by atoms with Crippen molar-refractivity contribution < 1.29 is 9.53 Å². The predicted molar refractivity (Wildman–Crippen MR) is 96.1 cm³/mol. The van der Waals surface area contributed by atoms with Crippen LogP contribution in [0.4, 0.5) is 5.82 Å². The minimum atomic E-state index is -0.346. The second-order valence-electron chi connectivity index (χ2n) is 5.67. The first-order chi connectivity index (χ1) is 10.9. The molecular weight excluding hydrogens is 334 g/mol. The Morgan fingerprint density at radius 2 is 1.87 bits per heavy atom. The molecule has 0 aliphatic rings. The summed E-state index contributed by atoms with van der Waals surface area (Å²) in [4.78, 5) is 20.0. The van der Waals surface area contributed by atoms with E-state index in [9.17, 15) is 4.79 Å². The summed E-state index contributed by atoms with van der Waals surface area (Å²) in [7, 11) is 0. The normalized spacial score (nSPS) is 11.0. The molecule has 0 spiro atoms. The summed E-state index contributed by atoms with van der Waals surface area (Å²) < 4.78 is 5.18. The molecule has 0 aliphatic carbocycles. The molecule has 1 heterocycles. The van der Waals surface area contributed by atoms with Gasteiger partial charge in [0.15, 0.2) is 11.0 Å². The molecule has 0 radical (unpaired) electrons. The van der Waals surface area contributed by atoms with Crippen LogP contribution in [0, 0.1) is 0 Å². The van der Waals surface area contributed by atoms with Gasteiger partial charge in [-0.05, 0) is 6.42 Å². The molecule has 0 saturated heterocycles. The lowest BCUT2D eigenvalue weighted by atomic mass is 10.1. The van der Waals surface area contributed by atoms with Crippen molar-refractivity contribution in [1.29, 1.82) is 0 Å². The molecule has 0 amide bonds. The molecule has 5 nitrogen and oxygen atoms in total. The lowest BCUT2D eigenvalue weighted by Gasteiger charge is -2.10. The van der Waals surface area contributed by atoms with E-state index in [4.69, 9.17) is 22.1 Å². The van der Waals surface area contributed by atoms with Crippen molar-refractivity contribution in [3.63, 3.8) is 0 Å². The molecule has 0 fully saturated rings. The van der Waals surface area contributed by atoms with E-state index >= 15 is 0 Å². The van der Waals surface area contributed by atoms with Gasteiger partial charge < -0.3 is 10.5 Å². The average molecular weight is 360 g/mol. The lowest BCUT2D eigenvalue weighted by Crippen LogP contribution is -2.12. The first-order valence-electron chi connectivity index (χ1n) is 8.14. The lowest BCUT2D eigenvalue weighted by molar-refractivity contribution is -0.134. The summed E-state index contributed by atoms with van der Waals surface area (Å²) >= 11 is 7.53. The van der Waals surface area contributed by atoms with Crippen molar-refractivity contribution in [2.75, 3.05) is 5.73 Å². The minimum Gasteiger partial charge on any atom is -0.403 e. The number of anilines is 1. The number of rotatable bonds is 10. The van der Waals surface area contributed by atoms with Crippen LogP contribution in [-0.2, 0) is 4.79 Å². The molecule has 0 unspecified atom stereocenters. The topological polar surface area (TPSA) is 78.1 Å². The van der Waals surface area contributed by atoms with Crippen LogP contribution >= 0.6 is 23.4 Å². The number of esters is 1. The highest BCUT2D eigenvalue weighted by atomic mass is 35.5. The number of carbonyl (C=O) groups excluding carboxylic acids is 1. The fraction of sp³-hybridized carbons (Fsp3) is 0.688. The third-order valence-corrected chi connectivity index (χ3v) is 4.46. The van der Waals surface area contributed by atoms with E-state index in [1.807, 2.05) is 13.8 Å². The van der Waals surface area contributed by atoms with Gasteiger partial charge in [-0.3, -0.25) is 4.79 Å². The second kappa shape index (κ2) is 10.7. The fourth-order valence-corrected chi connectivity index (χ4v) is 2.97. The van der Waals surface area contributed by atoms with Crippen LogP contribution in [0.3, 0.4) is 0 Å². The molecule has 23 heavy (non-hydrogen) atoms. The molecule has 2 N–H and O–H groups in total. The van der Waals surface area contributed by atoms with Gasteiger partial charge in [-0.1, -0.05) is 64.5 Å². The highest BCUT2D eigenvalue weighted by Gasteiger charge is 2.16. The summed E-state index contributed by atoms with van der Waals surface area (Å²) in [5.74, 6) is -0.255. The number of aromatic nitrogens is 2. The molecule has 0 atom stereocenters. The van der Waals surface area contributed by atoms with Gasteiger partial charge in [-0.15, -0.1) is 11.8 Å². The number of halogens is 1. The molecular formula is C16H26ClN3O2S. The Bertz CT molecular complexity index is 512. The molecule has 1 rings (SSSR count). The number of hydrogen-bond acceptors (Lipinski definition) is 6. The molecule has 1 aromatic heterocycles. The van der Waals surface area contributed by atoms with E-state index in [1.165, 1.54) is 31.0 Å². The molecule has 1 aromatic rings. The standard InChI is InChI=1S/C16H26ClN3O2S/c1-4-5-6-7-8-9-10-12(21)22-15-14(18)20-16(13(17)19-15)23-11(2)3/h11H,4-10H2,1-3H3,(H2,18,20). The minimum absolute atomic E-state index is 0.000843.